The van der Waals surface area contributed by atoms with Crippen LogP contribution >= 0.6 is 0 Å². The van der Waals surface area contributed by atoms with Gasteiger partial charge in [0.05, 0.1) is 5.52 Å². The number of rotatable bonds is 4. The maximum atomic E-state index is 4.38. The Morgan fingerprint density at radius 2 is 1.62 bits per heavy atom. The second kappa shape index (κ2) is 11.9. The summed E-state index contributed by atoms with van der Waals surface area (Å²) in [5.41, 5.74) is 19.7. The number of fused-ring (bicyclic) bond motifs is 3. The van der Waals surface area contributed by atoms with E-state index in [9.17, 15) is 0 Å². The van der Waals surface area contributed by atoms with Crippen LogP contribution in [0.4, 0.5) is 0 Å². The van der Waals surface area contributed by atoms with E-state index in [-0.39, 0.29) is 5.41 Å². The van der Waals surface area contributed by atoms with Crippen LogP contribution < -0.4 is 0 Å². The lowest BCUT2D eigenvalue weighted by Gasteiger charge is -2.44. The molecule has 2 nitrogen and oxygen atoms in total. The summed E-state index contributed by atoms with van der Waals surface area (Å²) >= 11 is 0. The highest BCUT2D eigenvalue weighted by Crippen LogP contribution is 2.57. The summed E-state index contributed by atoms with van der Waals surface area (Å²) in [6, 6.07) is 36.8. The molecule has 52 heavy (non-hydrogen) atoms. The van der Waals surface area contributed by atoms with Crippen LogP contribution in [-0.2, 0) is 6.42 Å². The molecule has 0 amide bonds. The summed E-state index contributed by atoms with van der Waals surface area (Å²) in [4.78, 5) is 4.38. The Morgan fingerprint density at radius 1 is 0.769 bits per heavy atom. The molecular weight excluding hydrogens is 629 g/mol. The summed E-state index contributed by atoms with van der Waals surface area (Å²) in [6.45, 7) is 9.48. The number of aromatic nitrogens is 2. The van der Waals surface area contributed by atoms with E-state index in [0.717, 1.165) is 12.0 Å². The minimum absolute atomic E-state index is 0.184. The van der Waals surface area contributed by atoms with E-state index < -0.39 is 0 Å². The molecule has 4 aliphatic rings. The van der Waals surface area contributed by atoms with Crippen LogP contribution in [0.2, 0.25) is 0 Å². The van der Waals surface area contributed by atoms with E-state index >= 15 is 0 Å². The Morgan fingerprint density at radius 3 is 2.44 bits per heavy atom. The zero-order valence-electron chi connectivity index (χ0n) is 30.7. The Kier molecular flexibility index (Phi) is 7.22. The summed E-state index contributed by atoms with van der Waals surface area (Å²) in [7, 11) is 0. The molecule has 4 unspecified atom stereocenters. The van der Waals surface area contributed by atoms with E-state index in [1.807, 2.05) is 18.5 Å². The summed E-state index contributed by atoms with van der Waals surface area (Å²) < 4.78 is 2.50. The SMILES string of the molecule is CC1C=Cc2c(c3ccccc3n2-c2cccc(C3=CC(c4ccc(-c5cccnc5)cc4)C4CCC5CC(C(C)(C)C)=Cc6ccc3c4c65)c2)C1. The first-order chi connectivity index (χ1) is 25.3. The Bertz CT molecular complexity index is 2460. The molecule has 2 heterocycles. The van der Waals surface area contributed by atoms with Gasteiger partial charge in [-0.25, -0.2) is 0 Å². The maximum absolute atomic E-state index is 4.38. The van der Waals surface area contributed by atoms with Crippen molar-refractivity contribution in [1.29, 1.82) is 0 Å². The fourth-order valence-electron chi connectivity index (χ4n) is 9.99. The lowest BCUT2D eigenvalue weighted by atomic mass is 9.60. The van der Waals surface area contributed by atoms with Crippen LogP contribution in [-0.4, -0.2) is 9.55 Å². The Hall–Kier alpha value is -5.21. The summed E-state index contributed by atoms with van der Waals surface area (Å²) in [5.74, 6) is 1.91. The van der Waals surface area contributed by atoms with Gasteiger partial charge in [-0.1, -0.05) is 124 Å². The topological polar surface area (TPSA) is 17.8 Å². The largest absolute Gasteiger partial charge is 0.310 e. The van der Waals surface area contributed by atoms with Crippen molar-refractivity contribution >= 4 is 28.6 Å². The van der Waals surface area contributed by atoms with Gasteiger partial charge in [-0.3, -0.25) is 4.98 Å². The quantitative estimate of drug-likeness (QED) is 0.182. The number of pyridine rings is 1. The van der Waals surface area contributed by atoms with Gasteiger partial charge in [0.2, 0.25) is 0 Å². The molecule has 0 bridgehead atoms. The second-order valence-corrected chi connectivity index (χ2v) is 16.8. The maximum Gasteiger partial charge on any atom is 0.0537 e. The van der Waals surface area contributed by atoms with Gasteiger partial charge in [0, 0.05) is 35.1 Å². The van der Waals surface area contributed by atoms with Gasteiger partial charge in [0.1, 0.15) is 0 Å². The molecule has 6 aromatic rings. The van der Waals surface area contributed by atoms with Crippen molar-refractivity contribution in [3.05, 3.63) is 172 Å². The minimum atomic E-state index is 0.184. The zero-order valence-corrected chi connectivity index (χ0v) is 30.7. The molecule has 0 spiro atoms. The highest BCUT2D eigenvalue weighted by atomic mass is 15.0. The number of hydrogen-bond donors (Lipinski definition) is 0. The predicted molar refractivity (Wildman–Crippen MR) is 218 cm³/mol. The van der Waals surface area contributed by atoms with Gasteiger partial charge in [0.25, 0.3) is 0 Å². The molecule has 0 fully saturated rings. The third-order valence-corrected chi connectivity index (χ3v) is 12.6. The average molecular weight is 675 g/mol. The lowest BCUT2D eigenvalue weighted by Crippen LogP contribution is -2.27. The number of hydrogen-bond acceptors (Lipinski definition) is 1. The average Bonchev–Trinajstić information content (AvgIpc) is 3.50. The lowest BCUT2D eigenvalue weighted by molar-refractivity contribution is 0.412. The molecule has 4 aliphatic carbocycles. The second-order valence-electron chi connectivity index (χ2n) is 16.8. The fourth-order valence-corrected chi connectivity index (χ4v) is 9.99. The number of allylic oxidation sites excluding steroid dienone is 3. The Balaban J connectivity index is 1.15. The molecule has 0 saturated heterocycles. The van der Waals surface area contributed by atoms with Crippen LogP contribution in [0.25, 0.3) is 45.4 Å². The number of benzene rings is 4. The smallest absolute Gasteiger partial charge is 0.0537 e. The summed E-state index contributed by atoms with van der Waals surface area (Å²) in [6.07, 6.45) is 18.4. The van der Waals surface area contributed by atoms with Crippen molar-refractivity contribution in [2.75, 3.05) is 0 Å². The van der Waals surface area contributed by atoms with Crippen LogP contribution in [0.1, 0.15) is 109 Å². The highest BCUT2D eigenvalue weighted by Gasteiger charge is 2.41. The Labute approximate surface area is 308 Å². The van der Waals surface area contributed by atoms with E-state index in [1.165, 1.54) is 80.5 Å². The standard InChI is InChI=1S/C50H46N2/c1-31-14-23-47-45(25-31)40-12-5-6-13-46(40)52(47)39-11-7-9-34(28-39)44-29-43(33-17-15-32(16-18-33)37-10-8-24-51-30-37)41-21-19-35-26-38(50(2,3)4)27-36-20-22-42(44)49(41)48(35)36/h5-18,20,22-24,27-31,35,41,43H,19,21,25-26H2,1-4H3. The van der Waals surface area contributed by atoms with Gasteiger partial charge in [-0.05, 0) is 135 Å². The fraction of sp³-hybridized carbons (Fsp3) is 0.260. The first-order valence-electron chi connectivity index (χ1n) is 19.3. The van der Waals surface area contributed by atoms with Crippen LogP contribution in [0.3, 0.4) is 0 Å². The van der Waals surface area contributed by atoms with Crippen molar-refractivity contribution in [2.45, 2.75) is 71.1 Å². The van der Waals surface area contributed by atoms with Crippen LogP contribution in [0, 0.1) is 11.3 Å². The third-order valence-electron chi connectivity index (χ3n) is 12.6. The van der Waals surface area contributed by atoms with Crippen molar-refractivity contribution in [1.82, 2.24) is 9.55 Å². The molecule has 0 aliphatic heterocycles. The normalized spacial score (nSPS) is 21.7. The number of para-hydroxylation sites is 1. The van der Waals surface area contributed by atoms with Crippen molar-refractivity contribution in [3.63, 3.8) is 0 Å². The predicted octanol–water partition coefficient (Wildman–Crippen LogP) is 12.9. The highest BCUT2D eigenvalue weighted by molar-refractivity contribution is 5.92. The van der Waals surface area contributed by atoms with Gasteiger partial charge >= 0.3 is 0 Å². The molecule has 4 aromatic carbocycles. The van der Waals surface area contributed by atoms with Gasteiger partial charge in [0.15, 0.2) is 0 Å². The monoisotopic (exact) mass is 674 g/mol. The van der Waals surface area contributed by atoms with Crippen LogP contribution in [0.15, 0.2) is 127 Å². The van der Waals surface area contributed by atoms with Gasteiger partial charge in [-0.15, -0.1) is 0 Å². The van der Waals surface area contributed by atoms with Crippen molar-refractivity contribution in [3.8, 4) is 16.8 Å². The molecule has 0 N–H and O–H groups in total. The van der Waals surface area contributed by atoms with Crippen molar-refractivity contribution < 1.29 is 0 Å². The molecule has 0 radical (unpaired) electrons. The van der Waals surface area contributed by atoms with E-state index in [0.29, 0.717) is 23.7 Å². The first kappa shape index (κ1) is 31.5. The number of nitrogens with zero attached hydrogens (tertiary/aromatic N) is 2. The molecule has 2 aromatic heterocycles. The molecule has 10 rings (SSSR count). The van der Waals surface area contributed by atoms with E-state index in [2.05, 4.69) is 153 Å². The van der Waals surface area contributed by atoms with Gasteiger partial charge < -0.3 is 4.57 Å². The molecule has 2 heteroatoms. The third kappa shape index (κ3) is 5.02. The van der Waals surface area contributed by atoms with Crippen molar-refractivity contribution in [2.24, 2.45) is 11.3 Å². The zero-order chi connectivity index (χ0) is 35.1. The van der Waals surface area contributed by atoms with E-state index in [4.69, 9.17) is 0 Å². The molecule has 256 valence electrons. The summed E-state index contributed by atoms with van der Waals surface area (Å²) in [5, 5.41) is 1.38. The van der Waals surface area contributed by atoms with Crippen LogP contribution in [0.5, 0.6) is 0 Å². The molecular formula is C50H46N2. The van der Waals surface area contributed by atoms with Gasteiger partial charge in [-0.2, -0.15) is 0 Å². The first-order valence-corrected chi connectivity index (χ1v) is 19.3. The minimum Gasteiger partial charge on any atom is -0.310 e. The van der Waals surface area contributed by atoms with E-state index in [1.54, 1.807) is 16.7 Å². The molecule has 0 saturated carbocycles. The molecule has 4 atom stereocenters.